The average Bonchev–Trinajstić information content (AvgIpc) is 3.37. The van der Waals surface area contributed by atoms with Crippen LogP contribution in [0.2, 0.25) is 0 Å². The number of nitrogens with one attached hydrogen (secondary N) is 1. The van der Waals surface area contributed by atoms with Crippen LogP contribution in [0.3, 0.4) is 0 Å². The second-order valence-electron chi connectivity index (χ2n) is 7.44. The maximum atomic E-state index is 12.2. The quantitative estimate of drug-likeness (QED) is 0.204. The van der Waals surface area contributed by atoms with Crippen LogP contribution in [0.15, 0.2) is 101 Å². The summed E-state index contributed by atoms with van der Waals surface area (Å²) in [4.78, 5) is 24.0. The lowest BCUT2D eigenvalue weighted by molar-refractivity contribution is -0.123. The molecule has 0 spiro atoms. The fourth-order valence-corrected chi connectivity index (χ4v) is 3.35. The Morgan fingerprint density at radius 1 is 0.886 bits per heavy atom. The highest BCUT2D eigenvalue weighted by atomic mass is 16.5. The van der Waals surface area contributed by atoms with Gasteiger partial charge in [0.05, 0.1) is 18.4 Å². The average molecular weight is 469 g/mol. The smallest absolute Gasteiger partial charge is 0.338 e. The Morgan fingerprint density at radius 3 is 2.40 bits per heavy atom. The molecule has 1 N–H and O–H groups in total. The van der Waals surface area contributed by atoms with Crippen LogP contribution >= 0.6 is 0 Å². The van der Waals surface area contributed by atoms with E-state index in [0.29, 0.717) is 29.4 Å². The molecule has 0 atom stereocenters. The molecular formula is C28H24N2O5. The molecule has 3 aromatic carbocycles. The number of rotatable bonds is 9. The van der Waals surface area contributed by atoms with E-state index in [1.165, 1.54) is 6.21 Å². The second kappa shape index (κ2) is 11.5. The van der Waals surface area contributed by atoms with Gasteiger partial charge in [0.15, 0.2) is 6.61 Å². The van der Waals surface area contributed by atoms with Gasteiger partial charge in [-0.25, -0.2) is 10.2 Å². The summed E-state index contributed by atoms with van der Waals surface area (Å²) in [5.41, 5.74) is 5.62. The minimum absolute atomic E-state index is 0.183. The van der Waals surface area contributed by atoms with Crippen LogP contribution in [-0.2, 0) is 9.53 Å². The maximum Gasteiger partial charge on any atom is 0.338 e. The molecule has 0 saturated carbocycles. The summed E-state index contributed by atoms with van der Waals surface area (Å²) in [6.45, 7) is 1.90. The highest BCUT2D eigenvalue weighted by Crippen LogP contribution is 2.29. The number of furan rings is 1. The second-order valence-corrected chi connectivity index (χ2v) is 7.44. The molecule has 0 unspecified atom stereocenters. The Kier molecular flexibility index (Phi) is 7.70. The maximum absolute atomic E-state index is 12.2. The van der Waals surface area contributed by atoms with Gasteiger partial charge < -0.3 is 13.9 Å². The number of carbonyl (C=O) groups excluding carboxylic acids is 2. The van der Waals surface area contributed by atoms with Crippen molar-refractivity contribution >= 4 is 18.1 Å². The Hall–Kier alpha value is -4.65. The largest absolute Gasteiger partial charge is 0.483 e. The minimum atomic E-state index is -0.398. The number of amides is 1. The highest BCUT2D eigenvalue weighted by Gasteiger charge is 2.10. The van der Waals surface area contributed by atoms with E-state index in [1.807, 2.05) is 54.6 Å². The lowest BCUT2D eigenvalue weighted by atomic mass is 10.1. The van der Waals surface area contributed by atoms with Crippen molar-refractivity contribution in [3.05, 3.63) is 102 Å². The Labute approximate surface area is 203 Å². The third-order valence-corrected chi connectivity index (χ3v) is 5.02. The van der Waals surface area contributed by atoms with Gasteiger partial charge >= 0.3 is 5.97 Å². The number of hydrogen-bond donors (Lipinski definition) is 1. The lowest BCUT2D eigenvalue weighted by Crippen LogP contribution is -2.24. The Bertz CT molecular complexity index is 1310. The summed E-state index contributed by atoms with van der Waals surface area (Å²) in [7, 11) is 0. The van der Waals surface area contributed by atoms with E-state index < -0.39 is 5.91 Å². The van der Waals surface area contributed by atoms with Crippen LogP contribution in [0.25, 0.3) is 22.5 Å². The predicted molar refractivity (Wildman–Crippen MR) is 133 cm³/mol. The third kappa shape index (κ3) is 6.23. The van der Waals surface area contributed by atoms with Crippen molar-refractivity contribution in [2.24, 2.45) is 5.10 Å². The van der Waals surface area contributed by atoms with Crippen molar-refractivity contribution in [3.8, 4) is 28.2 Å². The highest BCUT2D eigenvalue weighted by molar-refractivity contribution is 5.90. The van der Waals surface area contributed by atoms with Crippen molar-refractivity contribution in [3.63, 3.8) is 0 Å². The minimum Gasteiger partial charge on any atom is -0.483 e. The molecule has 0 saturated heterocycles. The Balaban J connectivity index is 1.31. The first-order valence-corrected chi connectivity index (χ1v) is 11.1. The fourth-order valence-electron chi connectivity index (χ4n) is 3.35. The molecular weight excluding hydrogens is 444 g/mol. The predicted octanol–water partition coefficient (Wildman–Crippen LogP) is 5.32. The lowest BCUT2D eigenvalue weighted by Gasteiger charge is -2.10. The molecule has 0 fully saturated rings. The third-order valence-electron chi connectivity index (χ3n) is 5.02. The number of nitrogens with zero attached hydrogens (tertiary/aromatic N) is 1. The molecule has 7 heteroatoms. The van der Waals surface area contributed by atoms with Crippen LogP contribution in [0.4, 0.5) is 0 Å². The molecule has 35 heavy (non-hydrogen) atoms. The summed E-state index contributed by atoms with van der Waals surface area (Å²) < 4.78 is 16.4. The van der Waals surface area contributed by atoms with E-state index in [0.717, 1.165) is 16.7 Å². The summed E-state index contributed by atoms with van der Waals surface area (Å²) in [6, 6.07) is 27.8. The Morgan fingerprint density at radius 2 is 1.63 bits per heavy atom. The number of esters is 1. The number of hydrogen-bond acceptors (Lipinski definition) is 6. The normalized spacial score (nSPS) is 10.8. The van der Waals surface area contributed by atoms with E-state index >= 15 is 0 Å². The molecule has 4 aromatic rings. The van der Waals surface area contributed by atoms with Crippen molar-refractivity contribution in [2.75, 3.05) is 13.2 Å². The number of carbonyl (C=O) groups is 2. The molecule has 1 heterocycles. The van der Waals surface area contributed by atoms with Crippen LogP contribution in [0.5, 0.6) is 5.75 Å². The number of hydrazone groups is 1. The van der Waals surface area contributed by atoms with Gasteiger partial charge in [-0.3, -0.25) is 4.79 Å². The number of ether oxygens (including phenoxy) is 2. The molecule has 7 nitrogen and oxygen atoms in total. The van der Waals surface area contributed by atoms with Gasteiger partial charge in [-0.05, 0) is 42.8 Å². The van der Waals surface area contributed by atoms with Crippen molar-refractivity contribution in [1.29, 1.82) is 0 Å². The van der Waals surface area contributed by atoms with Gasteiger partial charge in [-0.1, -0.05) is 60.7 Å². The van der Waals surface area contributed by atoms with Gasteiger partial charge in [0.25, 0.3) is 5.91 Å². The summed E-state index contributed by atoms with van der Waals surface area (Å²) >= 11 is 0. The first-order chi connectivity index (χ1) is 17.1. The molecule has 1 amide bonds. The van der Waals surface area contributed by atoms with Gasteiger partial charge in [0.2, 0.25) is 0 Å². The monoisotopic (exact) mass is 468 g/mol. The number of benzene rings is 3. The van der Waals surface area contributed by atoms with E-state index in [9.17, 15) is 9.59 Å². The van der Waals surface area contributed by atoms with Crippen LogP contribution in [0, 0.1) is 0 Å². The standard InChI is InChI=1S/C28H24N2O5/c1-2-33-28(32)22-14-12-21(13-15-22)25-17-16-23(35-25)18-29-30-27(31)19-34-26-11-7-6-10-24(26)20-8-4-3-5-9-20/h3-18H,2,19H2,1H3,(H,30,31)/b29-18-. The SMILES string of the molecule is CCOC(=O)c1ccc(-c2ccc(/C=N\NC(=O)COc3ccccc3-c3ccccc3)o2)cc1. The topological polar surface area (TPSA) is 90.1 Å². The summed E-state index contributed by atoms with van der Waals surface area (Å²) in [5.74, 6) is 0.918. The molecule has 0 aliphatic heterocycles. The van der Waals surface area contributed by atoms with Gasteiger partial charge in [0.1, 0.15) is 17.3 Å². The molecule has 0 bridgehead atoms. The van der Waals surface area contributed by atoms with Gasteiger partial charge in [-0.15, -0.1) is 0 Å². The molecule has 4 rings (SSSR count). The molecule has 0 aliphatic carbocycles. The van der Waals surface area contributed by atoms with Crippen LogP contribution < -0.4 is 10.2 Å². The zero-order chi connectivity index (χ0) is 24.5. The van der Waals surface area contributed by atoms with Crippen molar-refractivity contribution in [1.82, 2.24) is 5.43 Å². The van der Waals surface area contributed by atoms with E-state index in [1.54, 1.807) is 43.3 Å². The number of para-hydroxylation sites is 1. The molecule has 0 aliphatic rings. The zero-order valence-corrected chi connectivity index (χ0v) is 19.1. The van der Waals surface area contributed by atoms with Crippen LogP contribution in [0.1, 0.15) is 23.0 Å². The molecule has 1 aromatic heterocycles. The first kappa shape index (κ1) is 23.5. The van der Waals surface area contributed by atoms with E-state index in [-0.39, 0.29) is 12.6 Å². The first-order valence-electron chi connectivity index (χ1n) is 11.1. The molecule has 0 radical (unpaired) electrons. The van der Waals surface area contributed by atoms with Crippen molar-refractivity contribution < 1.29 is 23.5 Å². The summed E-state index contributed by atoms with van der Waals surface area (Å²) in [6.07, 6.45) is 1.41. The van der Waals surface area contributed by atoms with Crippen LogP contribution in [-0.4, -0.2) is 31.3 Å². The zero-order valence-electron chi connectivity index (χ0n) is 19.1. The van der Waals surface area contributed by atoms with E-state index in [2.05, 4.69) is 10.5 Å². The van der Waals surface area contributed by atoms with Crippen molar-refractivity contribution in [2.45, 2.75) is 6.92 Å². The van der Waals surface area contributed by atoms with E-state index in [4.69, 9.17) is 13.9 Å². The summed E-state index contributed by atoms with van der Waals surface area (Å²) in [5, 5.41) is 3.94. The fraction of sp³-hybridized carbons (Fsp3) is 0.107. The molecule has 176 valence electrons. The van der Waals surface area contributed by atoms with Gasteiger partial charge in [-0.2, -0.15) is 5.10 Å². The van der Waals surface area contributed by atoms with Gasteiger partial charge in [0, 0.05) is 11.1 Å².